The fraction of sp³-hybridized carbons (Fsp3) is 0.0476. The Bertz CT molecular complexity index is 958. The van der Waals surface area contributed by atoms with E-state index in [1.807, 2.05) is 66.7 Å². The van der Waals surface area contributed by atoms with Crippen molar-refractivity contribution in [2.45, 2.75) is 5.25 Å². The summed E-state index contributed by atoms with van der Waals surface area (Å²) in [6, 6.07) is 25.9. The molecule has 0 spiro atoms. The van der Waals surface area contributed by atoms with Gasteiger partial charge in [-0.1, -0.05) is 66.4 Å². The molecule has 0 aliphatic carbocycles. The van der Waals surface area contributed by atoms with Crippen molar-refractivity contribution >= 4 is 34.2 Å². The summed E-state index contributed by atoms with van der Waals surface area (Å²) in [6.45, 7) is 0. The fourth-order valence-corrected chi connectivity index (χ4v) is 4.03. The van der Waals surface area contributed by atoms with E-state index in [9.17, 15) is 9.90 Å². The van der Waals surface area contributed by atoms with E-state index in [1.165, 1.54) is 11.8 Å². The molecule has 0 bridgehead atoms. The predicted octanol–water partition coefficient (Wildman–Crippen LogP) is 4.90. The maximum atomic E-state index is 13.2. The number of rotatable bonds is 3. The van der Waals surface area contributed by atoms with E-state index < -0.39 is 5.25 Å². The summed E-state index contributed by atoms with van der Waals surface area (Å²) in [5, 5.41) is 10.3. The van der Waals surface area contributed by atoms with E-state index in [4.69, 9.17) is 0 Å². The number of aromatic hydroxyl groups is 1. The number of nitrogens with zero attached hydrogens (tertiary/aromatic N) is 2. The van der Waals surface area contributed by atoms with Gasteiger partial charge < -0.3 is 5.11 Å². The van der Waals surface area contributed by atoms with Crippen molar-refractivity contribution in [1.82, 2.24) is 0 Å². The normalized spacial score (nSPS) is 18.5. The molecule has 1 heterocycles. The van der Waals surface area contributed by atoms with Gasteiger partial charge in [-0.15, -0.1) is 0 Å². The van der Waals surface area contributed by atoms with Crippen molar-refractivity contribution in [1.29, 1.82) is 0 Å². The molecule has 1 saturated heterocycles. The molecule has 0 saturated carbocycles. The van der Waals surface area contributed by atoms with Crippen LogP contribution < -0.4 is 4.90 Å². The molecule has 4 nitrogen and oxygen atoms in total. The third-order valence-electron chi connectivity index (χ3n) is 4.07. The first-order chi connectivity index (χ1) is 12.7. The number of amides is 1. The lowest BCUT2D eigenvalue weighted by Gasteiger charge is -2.16. The summed E-state index contributed by atoms with van der Waals surface area (Å²) in [5.41, 5.74) is 2.14. The Morgan fingerprint density at radius 3 is 2.15 bits per heavy atom. The predicted molar refractivity (Wildman–Crippen MR) is 106 cm³/mol. The van der Waals surface area contributed by atoms with Crippen LogP contribution in [-0.2, 0) is 4.79 Å². The average Bonchev–Trinajstić information content (AvgIpc) is 2.99. The van der Waals surface area contributed by atoms with Crippen molar-refractivity contribution in [3.8, 4) is 5.75 Å². The standard InChI is InChI=1S/C21H16N2O2S/c24-18-14-8-7-13-17(18)19-20(25)23(16-11-5-2-6-12-16)21(26-19)22-15-9-3-1-4-10-15/h1-14,19,24H. The summed E-state index contributed by atoms with van der Waals surface area (Å²) >= 11 is 1.35. The first-order valence-corrected chi connectivity index (χ1v) is 9.09. The van der Waals surface area contributed by atoms with Crippen molar-refractivity contribution in [2.24, 2.45) is 4.99 Å². The quantitative estimate of drug-likeness (QED) is 0.723. The molecule has 1 aliphatic rings. The topological polar surface area (TPSA) is 52.9 Å². The molecule has 1 unspecified atom stereocenters. The second kappa shape index (κ2) is 7.06. The molecule has 0 aromatic heterocycles. The van der Waals surface area contributed by atoms with Gasteiger partial charge in [0.2, 0.25) is 0 Å². The van der Waals surface area contributed by atoms with Crippen LogP contribution in [0.2, 0.25) is 0 Å². The highest BCUT2D eigenvalue weighted by atomic mass is 32.2. The second-order valence-corrected chi connectivity index (χ2v) is 6.87. The van der Waals surface area contributed by atoms with Crippen LogP contribution in [0.3, 0.4) is 0 Å². The van der Waals surface area contributed by atoms with E-state index >= 15 is 0 Å². The molecule has 1 fully saturated rings. The van der Waals surface area contributed by atoms with E-state index in [2.05, 4.69) is 4.99 Å². The molecule has 1 atom stereocenters. The molecule has 1 N–H and O–H groups in total. The Morgan fingerprint density at radius 2 is 1.46 bits per heavy atom. The zero-order valence-corrected chi connectivity index (χ0v) is 14.6. The van der Waals surface area contributed by atoms with Gasteiger partial charge in [-0.3, -0.25) is 9.69 Å². The van der Waals surface area contributed by atoms with Gasteiger partial charge in [-0.2, -0.15) is 0 Å². The van der Waals surface area contributed by atoms with Crippen LogP contribution in [0.5, 0.6) is 5.75 Å². The zero-order valence-electron chi connectivity index (χ0n) is 13.8. The minimum absolute atomic E-state index is 0.114. The minimum atomic E-state index is -0.529. The van der Waals surface area contributed by atoms with Gasteiger partial charge in [-0.05, 0) is 30.3 Å². The van der Waals surface area contributed by atoms with Crippen LogP contribution in [-0.4, -0.2) is 16.2 Å². The number of thioether (sulfide) groups is 1. The smallest absolute Gasteiger partial charge is 0.251 e. The Morgan fingerprint density at radius 1 is 0.846 bits per heavy atom. The van der Waals surface area contributed by atoms with Crippen LogP contribution in [0, 0.1) is 0 Å². The zero-order chi connectivity index (χ0) is 17.9. The maximum Gasteiger partial charge on any atom is 0.251 e. The average molecular weight is 360 g/mol. The Labute approximate surface area is 155 Å². The number of phenolic OH excluding ortho intramolecular Hbond substituents is 1. The number of para-hydroxylation sites is 3. The lowest BCUT2D eigenvalue weighted by molar-refractivity contribution is -0.117. The highest BCUT2D eigenvalue weighted by molar-refractivity contribution is 8.15. The van der Waals surface area contributed by atoms with Gasteiger partial charge in [0.05, 0.1) is 11.4 Å². The van der Waals surface area contributed by atoms with E-state index in [1.54, 1.807) is 23.1 Å². The van der Waals surface area contributed by atoms with Gasteiger partial charge in [0.15, 0.2) is 5.17 Å². The van der Waals surface area contributed by atoms with Crippen LogP contribution in [0.4, 0.5) is 11.4 Å². The Kier molecular flexibility index (Phi) is 4.46. The molecular formula is C21H16N2O2S. The van der Waals surface area contributed by atoms with Crippen molar-refractivity contribution in [2.75, 3.05) is 4.90 Å². The van der Waals surface area contributed by atoms with E-state index in [-0.39, 0.29) is 11.7 Å². The molecule has 0 radical (unpaired) electrons. The van der Waals surface area contributed by atoms with Crippen LogP contribution in [0.15, 0.2) is 89.9 Å². The number of hydrogen-bond acceptors (Lipinski definition) is 4. The SMILES string of the molecule is O=C1C(c2ccccc2O)SC(=Nc2ccccc2)N1c1ccccc1. The number of anilines is 1. The van der Waals surface area contributed by atoms with Gasteiger partial charge >= 0.3 is 0 Å². The van der Waals surface area contributed by atoms with Crippen molar-refractivity contribution in [3.63, 3.8) is 0 Å². The van der Waals surface area contributed by atoms with Crippen LogP contribution >= 0.6 is 11.8 Å². The molecule has 1 aliphatic heterocycles. The van der Waals surface area contributed by atoms with Crippen molar-refractivity contribution in [3.05, 3.63) is 90.5 Å². The maximum absolute atomic E-state index is 13.2. The molecule has 3 aromatic rings. The summed E-state index contributed by atoms with van der Waals surface area (Å²) in [4.78, 5) is 19.5. The molecule has 1 amide bonds. The first kappa shape index (κ1) is 16.4. The Hall–Kier alpha value is -3.05. The number of phenols is 1. The summed E-state index contributed by atoms with van der Waals surface area (Å²) in [5.74, 6) is 0.00436. The number of amidine groups is 1. The number of hydrogen-bond donors (Lipinski definition) is 1. The highest BCUT2D eigenvalue weighted by Crippen LogP contribution is 2.44. The highest BCUT2D eigenvalue weighted by Gasteiger charge is 2.41. The summed E-state index contributed by atoms with van der Waals surface area (Å²) in [7, 11) is 0. The second-order valence-electron chi connectivity index (χ2n) is 5.80. The lowest BCUT2D eigenvalue weighted by Crippen LogP contribution is -2.29. The monoisotopic (exact) mass is 360 g/mol. The Balaban J connectivity index is 1.80. The number of carbonyl (C=O) groups excluding carboxylic acids is 1. The van der Waals surface area contributed by atoms with Gasteiger partial charge in [-0.25, -0.2) is 4.99 Å². The fourth-order valence-electron chi connectivity index (χ4n) is 2.83. The molecule has 4 rings (SSSR count). The van der Waals surface area contributed by atoms with Crippen LogP contribution in [0.1, 0.15) is 10.8 Å². The number of carbonyl (C=O) groups is 1. The molecule has 128 valence electrons. The molecule has 26 heavy (non-hydrogen) atoms. The summed E-state index contributed by atoms with van der Waals surface area (Å²) < 4.78 is 0. The van der Waals surface area contributed by atoms with Gasteiger partial charge in [0.25, 0.3) is 5.91 Å². The first-order valence-electron chi connectivity index (χ1n) is 8.21. The third-order valence-corrected chi connectivity index (χ3v) is 5.25. The third kappa shape index (κ3) is 3.09. The van der Waals surface area contributed by atoms with E-state index in [0.717, 1.165) is 11.4 Å². The van der Waals surface area contributed by atoms with E-state index in [0.29, 0.717) is 10.7 Å². The van der Waals surface area contributed by atoms with Gasteiger partial charge in [0.1, 0.15) is 11.0 Å². The van der Waals surface area contributed by atoms with Crippen molar-refractivity contribution < 1.29 is 9.90 Å². The minimum Gasteiger partial charge on any atom is -0.508 e. The molecule has 3 aromatic carbocycles. The molecule has 5 heteroatoms. The summed E-state index contributed by atoms with van der Waals surface area (Å²) in [6.07, 6.45) is 0. The van der Waals surface area contributed by atoms with Crippen LogP contribution in [0.25, 0.3) is 0 Å². The van der Waals surface area contributed by atoms with Gasteiger partial charge in [0, 0.05) is 5.56 Å². The largest absolute Gasteiger partial charge is 0.508 e. The number of aliphatic imine (C=N–C) groups is 1. The molecular weight excluding hydrogens is 344 g/mol. The number of benzene rings is 3. The lowest BCUT2D eigenvalue weighted by atomic mass is 10.1.